The van der Waals surface area contributed by atoms with E-state index in [4.69, 9.17) is 9.47 Å². The van der Waals surface area contributed by atoms with Crippen molar-refractivity contribution in [2.75, 3.05) is 7.11 Å². The van der Waals surface area contributed by atoms with E-state index in [1.807, 2.05) is 13.8 Å². The first kappa shape index (κ1) is 8.53. The summed E-state index contributed by atoms with van der Waals surface area (Å²) in [4.78, 5) is 11.2. The van der Waals surface area contributed by atoms with Crippen LogP contribution in [0, 0.1) is 0 Å². The van der Waals surface area contributed by atoms with Crippen molar-refractivity contribution in [3.63, 3.8) is 0 Å². The highest BCUT2D eigenvalue weighted by Gasteiger charge is 2.52. The fraction of sp³-hybridized carbons (Fsp3) is 0.875. The zero-order valence-electron chi connectivity index (χ0n) is 7.22. The van der Waals surface area contributed by atoms with Gasteiger partial charge in [0.25, 0.3) is 0 Å². The van der Waals surface area contributed by atoms with Crippen molar-refractivity contribution in [2.45, 2.75) is 38.4 Å². The van der Waals surface area contributed by atoms with E-state index in [0.29, 0.717) is 0 Å². The lowest BCUT2D eigenvalue weighted by molar-refractivity contribution is -0.162. The van der Waals surface area contributed by atoms with Gasteiger partial charge >= 0.3 is 5.97 Å². The van der Waals surface area contributed by atoms with Crippen LogP contribution in [-0.4, -0.2) is 24.8 Å². The molecule has 0 atom stereocenters. The molecule has 1 aliphatic carbocycles. The zero-order valence-corrected chi connectivity index (χ0v) is 7.22. The second-order valence-corrected chi connectivity index (χ2v) is 3.15. The molecule has 11 heavy (non-hydrogen) atoms. The minimum atomic E-state index is -0.579. The van der Waals surface area contributed by atoms with Crippen LogP contribution in [0.25, 0.3) is 0 Å². The van der Waals surface area contributed by atoms with E-state index < -0.39 is 5.60 Å². The van der Waals surface area contributed by atoms with E-state index in [1.54, 1.807) is 7.11 Å². The summed E-state index contributed by atoms with van der Waals surface area (Å²) in [5.74, 6) is -0.213. The number of esters is 1. The molecule has 0 aromatic rings. The number of hydrogen-bond acceptors (Lipinski definition) is 3. The lowest BCUT2D eigenvalue weighted by Crippen LogP contribution is -2.29. The summed E-state index contributed by atoms with van der Waals surface area (Å²) in [5.41, 5.74) is -0.579. The van der Waals surface area contributed by atoms with E-state index in [1.165, 1.54) is 0 Å². The third-order valence-corrected chi connectivity index (χ3v) is 1.81. The van der Waals surface area contributed by atoms with Crippen molar-refractivity contribution < 1.29 is 14.3 Å². The third-order valence-electron chi connectivity index (χ3n) is 1.81. The summed E-state index contributed by atoms with van der Waals surface area (Å²) in [6.07, 6.45) is 1.56. The summed E-state index contributed by atoms with van der Waals surface area (Å²) in [6, 6.07) is 0. The molecule has 3 heteroatoms. The zero-order chi connectivity index (χ0) is 8.48. The van der Waals surface area contributed by atoms with E-state index >= 15 is 0 Å². The Kier molecular flexibility index (Phi) is 2.18. The number of hydrogen-bond donors (Lipinski definition) is 0. The number of carbonyl (C=O) groups is 1. The normalized spacial score (nSPS) is 20.0. The Balaban J connectivity index is 2.41. The molecule has 0 saturated heterocycles. The summed E-state index contributed by atoms with van der Waals surface area (Å²) >= 11 is 0. The number of rotatable bonds is 3. The Morgan fingerprint density at radius 3 is 2.27 bits per heavy atom. The number of carbonyl (C=O) groups excluding carboxylic acids is 1. The van der Waals surface area contributed by atoms with Crippen LogP contribution < -0.4 is 0 Å². The SMILES string of the molecule is COC1(C(=O)OC(C)C)CC1. The summed E-state index contributed by atoms with van der Waals surface area (Å²) < 4.78 is 10.0. The molecular formula is C8H14O3. The minimum Gasteiger partial charge on any atom is -0.461 e. The second kappa shape index (κ2) is 2.81. The van der Waals surface area contributed by atoms with Gasteiger partial charge in [0.1, 0.15) is 0 Å². The summed E-state index contributed by atoms with van der Waals surface area (Å²) in [6.45, 7) is 3.67. The molecule has 64 valence electrons. The maximum Gasteiger partial charge on any atom is 0.338 e. The van der Waals surface area contributed by atoms with E-state index in [2.05, 4.69) is 0 Å². The largest absolute Gasteiger partial charge is 0.461 e. The van der Waals surface area contributed by atoms with Crippen LogP contribution in [0.1, 0.15) is 26.7 Å². The van der Waals surface area contributed by atoms with Crippen molar-refractivity contribution >= 4 is 5.97 Å². The van der Waals surface area contributed by atoms with Crippen molar-refractivity contribution in [1.29, 1.82) is 0 Å². The van der Waals surface area contributed by atoms with Gasteiger partial charge in [0.05, 0.1) is 6.10 Å². The Morgan fingerprint density at radius 2 is 2.00 bits per heavy atom. The Morgan fingerprint density at radius 1 is 1.45 bits per heavy atom. The molecule has 0 spiro atoms. The second-order valence-electron chi connectivity index (χ2n) is 3.15. The molecule has 0 aromatic heterocycles. The highest BCUT2D eigenvalue weighted by Crippen LogP contribution is 2.40. The van der Waals surface area contributed by atoms with Gasteiger partial charge in [-0.2, -0.15) is 0 Å². The van der Waals surface area contributed by atoms with Crippen molar-refractivity contribution in [2.24, 2.45) is 0 Å². The first-order chi connectivity index (χ1) is 5.10. The maximum absolute atomic E-state index is 11.2. The van der Waals surface area contributed by atoms with Gasteiger partial charge in [-0.25, -0.2) is 4.79 Å². The molecule has 0 radical (unpaired) electrons. The molecule has 0 unspecified atom stereocenters. The lowest BCUT2D eigenvalue weighted by Gasteiger charge is -2.14. The quantitative estimate of drug-likeness (QED) is 0.577. The number of methoxy groups -OCH3 is 1. The molecule has 3 nitrogen and oxygen atoms in total. The molecule has 0 bridgehead atoms. The highest BCUT2D eigenvalue weighted by molar-refractivity contribution is 5.82. The first-order valence-corrected chi connectivity index (χ1v) is 3.87. The van der Waals surface area contributed by atoms with Gasteiger partial charge in [-0.15, -0.1) is 0 Å². The predicted octanol–water partition coefficient (Wildman–Crippen LogP) is 1.12. The van der Waals surface area contributed by atoms with Crippen LogP contribution in [0.2, 0.25) is 0 Å². The van der Waals surface area contributed by atoms with Gasteiger partial charge in [0.15, 0.2) is 5.60 Å². The smallest absolute Gasteiger partial charge is 0.338 e. The van der Waals surface area contributed by atoms with Crippen LogP contribution in [0.4, 0.5) is 0 Å². The van der Waals surface area contributed by atoms with Crippen LogP contribution in [-0.2, 0) is 14.3 Å². The minimum absolute atomic E-state index is 0.0462. The maximum atomic E-state index is 11.2. The predicted molar refractivity (Wildman–Crippen MR) is 40.2 cm³/mol. The highest BCUT2D eigenvalue weighted by atomic mass is 16.6. The van der Waals surface area contributed by atoms with Crippen molar-refractivity contribution in [1.82, 2.24) is 0 Å². The van der Waals surface area contributed by atoms with Crippen LogP contribution >= 0.6 is 0 Å². The van der Waals surface area contributed by atoms with Gasteiger partial charge in [-0.3, -0.25) is 0 Å². The molecule has 0 amide bonds. The van der Waals surface area contributed by atoms with Gasteiger partial charge in [0, 0.05) is 7.11 Å². The fourth-order valence-corrected chi connectivity index (χ4v) is 0.927. The van der Waals surface area contributed by atoms with E-state index in [9.17, 15) is 4.79 Å². The average Bonchev–Trinajstić information content (AvgIpc) is 2.65. The fourth-order valence-electron chi connectivity index (χ4n) is 0.927. The number of ether oxygens (including phenoxy) is 2. The van der Waals surface area contributed by atoms with Crippen LogP contribution in [0.15, 0.2) is 0 Å². The monoisotopic (exact) mass is 158 g/mol. The van der Waals surface area contributed by atoms with Gasteiger partial charge < -0.3 is 9.47 Å². The molecule has 1 saturated carbocycles. The van der Waals surface area contributed by atoms with Gasteiger partial charge in [-0.05, 0) is 26.7 Å². The van der Waals surface area contributed by atoms with Crippen molar-refractivity contribution in [3.05, 3.63) is 0 Å². The van der Waals surface area contributed by atoms with Crippen LogP contribution in [0.3, 0.4) is 0 Å². The molecule has 0 N–H and O–H groups in total. The molecule has 0 aromatic carbocycles. The summed E-state index contributed by atoms with van der Waals surface area (Å²) in [5, 5.41) is 0. The molecule has 1 aliphatic rings. The molecule has 1 fully saturated rings. The van der Waals surface area contributed by atoms with E-state index in [0.717, 1.165) is 12.8 Å². The lowest BCUT2D eigenvalue weighted by atomic mass is 10.3. The van der Waals surface area contributed by atoms with Gasteiger partial charge in [-0.1, -0.05) is 0 Å². The first-order valence-electron chi connectivity index (χ1n) is 3.87. The van der Waals surface area contributed by atoms with Gasteiger partial charge in [0.2, 0.25) is 0 Å². The Bertz CT molecular complexity index is 159. The Labute approximate surface area is 66.7 Å². The standard InChI is InChI=1S/C8H14O3/c1-6(2)11-7(9)8(10-3)4-5-8/h6H,4-5H2,1-3H3. The average molecular weight is 158 g/mol. The molecule has 0 aliphatic heterocycles. The van der Waals surface area contributed by atoms with Crippen molar-refractivity contribution in [3.8, 4) is 0 Å². The topological polar surface area (TPSA) is 35.5 Å². The summed E-state index contributed by atoms with van der Waals surface area (Å²) in [7, 11) is 1.55. The molecule has 1 rings (SSSR count). The molecule has 0 heterocycles. The molecular weight excluding hydrogens is 144 g/mol. The Hall–Kier alpha value is -0.570. The van der Waals surface area contributed by atoms with E-state index in [-0.39, 0.29) is 12.1 Å². The third kappa shape index (κ3) is 1.71. The van der Waals surface area contributed by atoms with Crippen LogP contribution in [0.5, 0.6) is 0 Å².